The van der Waals surface area contributed by atoms with Gasteiger partial charge in [0.2, 0.25) is 21.8 Å². The fraction of sp³-hybridized carbons (Fsp3) is 0.576. The molecule has 0 bridgehead atoms. The summed E-state index contributed by atoms with van der Waals surface area (Å²) in [6.45, 7) is 9.59. The molecule has 4 N–H and O–H groups in total. The number of ether oxygens (including phenoxy) is 1. The molecule has 11 heteroatoms. The molecule has 2 amide bonds. The number of amides is 2. The van der Waals surface area contributed by atoms with Gasteiger partial charge in [0.25, 0.3) is 0 Å². The summed E-state index contributed by atoms with van der Waals surface area (Å²) in [4.78, 5) is 24.9. The number of aromatic hydroxyl groups is 1. The van der Waals surface area contributed by atoms with Gasteiger partial charge in [-0.05, 0) is 43.7 Å². The molecule has 44 heavy (non-hydrogen) atoms. The van der Waals surface area contributed by atoms with Crippen LogP contribution in [0.25, 0.3) is 0 Å². The Hall–Kier alpha value is -2.82. The summed E-state index contributed by atoms with van der Waals surface area (Å²) in [5.41, 5.74) is -0.437. The van der Waals surface area contributed by atoms with Crippen LogP contribution >= 0.6 is 11.6 Å². The Kier molecular flexibility index (Phi) is 15.5. The lowest BCUT2D eigenvalue weighted by Crippen LogP contribution is -2.35. The van der Waals surface area contributed by atoms with Crippen molar-refractivity contribution in [2.45, 2.75) is 116 Å². The number of carbonyl (C=O) groups excluding carboxylic acids is 2. The number of phenols is 1. The van der Waals surface area contributed by atoms with Crippen LogP contribution in [0.4, 0.5) is 11.4 Å². The molecule has 2 aromatic rings. The second kappa shape index (κ2) is 18.2. The summed E-state index contributed by atoms with van der Waals surface area (Å²) >= 11 is 6.26. The normalized spacial score (nSPS) is 12.5. The van der Waals surface area contributed by atoms with Crippen LogP contribution in [0.3, 0.4) is 0 Å². The maximum Gasteiger partial charge on any atom is 0.240 e. The first-order valence-electron chi connectivity index (χ1n) is 15.6. The van der Waals surface area contributed by atoms with E-state index in [9.17, 15) is 23.1 Å². The van der Waals surface area contributed by atoms with Crippen molar-refractivity contribution >= 4 is 44.8 Å². The number of anilines is 2. The van der Waals surface area contributed by atoms with Crippen molar-refractivity contribution in [3.63, 3.8) is 0 Å². The van der Waals surface area contributed by atoms with E-state index in [0.717, 1.165) is 12.8 Å². The average Bonchev–Trinajstić information content (AvgIpc) is 2.93. The van der Waals surface area contributed by atoms with Gasteiger partial charge in [-0.1, -0.05) is 97.1 Å². The highest BCUT2D eigenvalue weighted by molar-refractivity contribution is 7.89. The molecule has 0 saturated carbocycles. The molecular weight excluding hydrogens is 602 g/mol. The third-order valence-electron chi connectivity index (χ3n) is 7.04. The first-order chi connectivity index (χ1) is 20.7. The highest BCUT2D eigenvalue weighted by atomic mass is 35.5. The monoisotopic (exact) mass is 651 g/mol. The van der Waals surface area contributed by atoms with Crippen molar-refractivity contribution in [1.29, 1.82) is 0 Å². The van der Waals surface area contributed by atoms with Gasteiger partial charge < -0.3 is 20.5 Å². The predicted octanol–water partition coefficient (Wildman–Crippen LogP) is 8.03. The van der Waals surface area contributed by atoms with Crippen LogP contribution in [0.1, 0.15) is 105 Å². The molecule has 9 nitrogen and oxygen atoms in total. The van der Waals surface area contributed by atoms with Gasteiger partial charge in [-0.15, -0.1) is 0 Å². The van der Waals surface area contributed by atoms with Crippen molar-refractivity contribution in [3.8, 4) is 11.5 Å². The molecule has 0 fully saturated rings. The first-order valence-corrected chi connectivity index (χ1v) is 17.5. The molecular formula is C33H50ClN3O6S. The van der Waals surface area contributed by atoms with Gasteiger partial charge in [0.15, 0.2) is 0 Å². The second-order valence-corrected chi connectivity index (χ2v) is 14.5. The van der Waals surface area contributed by atoms with Crippen molar-refractivity contribution in [2.75, 3.05) is 17.2 Å². The third-order valence-corrected chi connectivity index (χ3v) is 8.96. The van der Waals surface area contributed by atoms with Gasteiger partial charge in [-0.3, -0.25) is 9.59 Å². The number of rotatable bonds is 19. The maximum atomic E-state index is 12.9. The van der Waals surface area contributed by atoms with Gasteiger partial charge in [0.1, 0.15) is 11.5 Å². The Morgan fingerprint density at radius 2 is 1.45 bits per heavy atom. The number of sulfonamides is 1. The fourth-order valence-electron chi connectivity index (χ4n) is 4.42. The summed E-state index contributed by atoms with van der Waals surface area (Å²) in [5.74, 6) is -0.486. The zero-order valence-corrected chi connectivity index (χ0v) is 28.4. The lowest BCUT2D eigenvalue weighted by molar-refractivity contribution is -0.123. The molecule has 0 spiro atoms. The van der Waals surface area contributed by atoms with Crippen LogP contribution in [0.2, 0.25) is 5.02 Å². The quantitative estimate of drug-likeness (QED) is 0.0897. The largest absolute Gasteiger partial charge is 0.506 e. The second-order valence-electron chi connectivity index (χ2n) is 12.3. The molecule has 0 radical (unpaired) electrons. The standard InChI is InChI=1S/C33H50ClN3O6S/c1-6-7-8-9-10-11-12-13-14-15-20-43-25-16-18-26(19-17-25)44(41,42)37-24(2)21-31(39)35-28-23-30(38)29(22-27(28)34)36-32(40)33(3,4)5/h16-19,22-24,37-38H,6-15,20-21H2,1-5H3,(H,35,39)(H,36,40). The minimum absolute atomic E-state index is 0.0666. The Balaban J connectivity index is 1.78. The highest BCUT2D eigenvalue weighted by Crippen LogP contribution is 2.35. The number of halogens is 1. The van der Waals surface area contributed by atoms with Crippen LogP contribution in [0, 0.1) is 5.41 Å². The van der Waals surface area contributed by atoms with Crippen LogP contribution in [-0.4, -0.2) is 38.0 Å². The van der Waals surface area contributed by atoms with Gasteiger partial charge in [0.05, 0.1) is 27.9 Å². The number of phenolic OH excluding ortho intramolecular Hbond substituents is 1. The molecule has 2 aromatic carbocycles. The molecule has 0 aliphatic rings. The van der Waals surface area contributed by atoms with E-state index in [0.29, 0.717) is 12.4 Å². The molecule has 0 saturated heterocycles. The Morgan fingerprint density at radius 3 is 2.02 bits per heavy atom. The number of unbranched alkanes of at least 4 members (excludes halogenated alkanes) is 9. The SMILES string of the molecule is CCCCCCCCCCCCOc1ccc(S(=O)(=O)NC(C)CC(=O)Nc2cc(O)c(NC(=O)C(C)(C)C)cc2Cl)cc1. The summed E-state index contributed by atoms with van der Waals surface area (Å²) in [5, 5.41) is 15.6. The molecule has 1 atom stereocenters. The van der Waals surface area contributed by atoms with Crippen molar-refractivity contribution < 1.29 is 27.9 Å². The van der Waals surface area contributed by atoms with Crippen LogP contribution in [0.5, 0.6) is 11.5 Å². The number of carbonyl (C=O) groups is 2. The van der Waals surface area contributed by atoms with E-state index in [2.05, 4.69) is 22.3 Å². The lowest BCUT2D eigenvalue weighted by Gasteiger charge is -2.19. The number of hydrogen-bond acceptors (Lipinski definition) is 6. The summed E-state index contributed by atoms with van der Waals surface area (Å²) < 4.78 is 34.0. The zero-order chi connectivity index (χ0) is 32.8. The number of benzene rings is 2. The summed E-state index contributed by atoms with van der Waals surface area (Å²) in [6.07, 6.45) is 12.3. The van der Waals surface area contributed by atoms with Gasteiger partial charge >= 0.3 is 0 Å². The summed E-state index contributed by atoms with van der Waals surface area (Å²) in [6, 6.07) is 8.05. The number of hydrogen-bond donors (Lipinski definition) is 4. The maximum absolute atomic E-state index is 12.9. The molecule has 0 aliphatic heterocycles. The van der Waals surface area contributed by atoms with Crippen LogP contribution in [-0.2, 0) is 19.6 Å². The minimum Gasteiger partial charge on any atom is -0.506 e. The van der Waals surface area contributed by atoms with Crippen molar-refractivity contribution in [1.82, 2.24) is 4.72 Å². The van der Waals surface area contributed by atoms with E-state index in [1.54, 1.807) is 39.8 Å². The van der Waals surface area contributed by atoms with E-state index in [-0.39, 0.29) is 39.4 Å². The fourth-order valence-corrected chi connectivity index (χ4v) is 5.87. The van der Waals surface area contributed by atoms with Crippen LogP contribution < -0.4 is 20.1 Å². The smallest absolute Gasteiger partial charge is 0.240 e. The molecule has 2 rings (SSSR count). The average molecular weight is 652 g/mol. The van der Waals surface area contributed by atoms with Crippen molar-refractivity contribution in [2.24, 2.45) is 5.41 Å². The molecule has 0 heterocycles. The van der Waals surface area contributed by atoms with E-state index >= 15 is 0 Å². The van der Waals surface area contributed by atoms with E-state index < -0.39 is 27.4 Å². The Labute approximate surface area is 268 Å². The summed E-state index contributed by atoms with van der Waals surface area (Å²) in [7, 11) is -3.88. The topological polar surface area (TPSA) is 134 Å². The lowest BCUT2D eigenvalue weighted by atomic mass is 9.95. The van der Waals surface area contributed by atoms with Crippen LogP contribution in [0.15, 0.2) is 41.3 Å². The van der Waals surface area contributed by atoms with Gasteiger partial charge in [-0.25, -0.2) is 13.1 Å². The predicted molar refractivity (Wildman–Crippen MR) is 178 cm³/mol. The Morgan fingerprint density at radius 1 is 0.886 bits per heavy atom. The van der Waals surface area contributed by atoms with E-state index in [4.69, 9.17) is 16.3 Å². The van der Waals surface area contributed by atoms with E-state index in [1.807, 2.05) is 0 Å². The molecule has 1 unspecified atom stereocenters. The van der Waals surface area contributed by atoms with Gasteiger partial charge in [0, 0.05) is 23.9 Å². The Bertz CT molecular complexity index is 1310. The zero-order valence-electron chi connectivity index (χ0n) is 26.8. The van der Waals surface area contributed by atoms with Crippen molar-refractivity contribution in [3.05, 3.63) is 41.4 Å². The molecule has 246 valence electrons. The third kappa shape index (κ3) is 13.4. The first kappa shape index (κ1) is 37.4. The highest BCUT2D eigenvalue weighted by Gasteiger charge is 2.23. The van der Waals surface area contributed by atoms with E-state index in [1.165, 1.54) is 75.6 Å². The molecule has 0 aliphatic carbocycles. The minimum atomic E-state index is -3.88. The van der Waals surface area contributed by atoms with Gasteiger partial charge in [-0.2, -0.15) is 0 Å². The number of nitrogens with one attached hydrogen (secondary N) is 3. The molecule has 0 aromatic heterocycles.